The molecule has 0 saturated carbocycles. The molecule has 0 aromatic heterocycles. The average molecular weight is 508 g/mol. The van der Waals surface area contributed by atoms with E-state index in [1.807, 2.05) is 51.1 Å². The number of halogens is 1. The maximum Gasteiger partial charge on any atom is 0.244 e. The average Bonchev–Trinajstić information content (AvgIpc) is 2.79. The first kappa shape index (κ1) is 27.7. The van der Waals surface area contributed by atoms with E-state index in [9.17, 15) is 18.0 Å². The van der Waals surface area contributed by atoms with Gasteiger partial charge in [-0.2, -0.15) is 0 Å². The van der Waals surface area contributed by atoms with Gasteiger partial charge in [-0.05, 0) is 48.6 Å². The van der Waals surface area contributed by atoms with Gasteiger partial charge in [0.1, 0.15) is 12.6 Å². The minimum Gasteiger partial charge on any atom is -0.354 e. The van der Waals surface area contributed by atoms with Crippen LogP contribution in [-0.2, 0) is 26.0 Å². The van der Waals surface area contributed by atoms with Crippen molar-refractivity contribution in [1.82, 2.24) is 10.2 Å². The molecule has 0 heterocycles. The van der Waals surface area contributed by atoms with Crippen molar-refractivity contribution in [2.45, 2.75) is 39.7 Å². The van der Waals surface area contributed by atoms with E-state index in [2.05, 4.69) is 5.32 Å². The summed E-state index contributed by atoms with van der Waals surface area (Å²) in [6.45, 7) is 6.20. The van der Waals surface area contributed by atoms with Gasteiger partial charge in [0.2, 0.25) is 21.8 Å². The maximum absolute atomic E-state index is 13.5. The molecule has 2 aromatic carbocycles. The normalized spacial score (nSPS) is 12.3. The third kappa shape index (κ3) is 8.33. The summed E-state index contributed by atoms with van der Waals surface area (Å²) in [6.07, 6.45) is 2.00. The molecule has 0 aliphatic heterocycles. The molecular formula is C25H34ClN3O4S. The van der Waals surface area contributed by atoms with Crippen molar-refractivity contribution < 1.29 is 18.0 Å². The van der Waals surface area contributed by atoms with Crippen LogP contribution in [0.25, 0.3) is 0 Å². The zero-order valence-electron chi connectivity index (χ0n) is 20.2. The van der Waals surface area contributed by atoms with Crippen molar-refractivity contribution in [2.24, 2.45) is 5.92 Å². The van der Waals surface area contributed by atoms with E-state index in [1.165, 1.54) is 4.90 Å². The lowest BCUT2D eigenvalue weighted by atomic mass is 10.1. The molecule has 1 N–H and O–H groups in total. The lowest BCUT2D eigenvalue weighted by Crippen LogP contribution is -2.53. The second-order valence-corrected chi connectivity index (χ2v) is 11.0. The van der Waals surface area contributed by atoms with Gasteiger partial charge in [-0.15, -0.1) is 0 Å². The molecule has 0 aliphatic carbocycles. The molecule has 0 spiro atoms. The third-order valence-electron chi connectivity index (χ3n) is 5.35. The first-order chi connectivity index (χ1) is 16.0. The largest absolute Gasteiger partial charge is 0.354 e. The fraction of sp³-hybridized carbons (Fsp3) is 0.440. The summed E-state index contributed by atoms with van der Waals surface area (Å²) in [5.74, 6) is -0.418. The Bertz CT molecular complexity index is 1040. The number of nitrogens with zero attached hydrogens (tertiary/aromatic N) is 2. The molecular weight excluding hydrogens is 474 g/mol. The Hall–Kier alpha value is -2.58. The highest BCUT2D eigenvalue weighted by molar-refractivity contribution is 7.92. The number of hydrogen-bond acceptors (Lipinski definition) is 4. The number of carbonyl (C=O) groups is 2. The maximum atomic E-state index is 13.5. The number of anilines is 1. The molecule has 34 heavy (non-hydrogen) atoms. The number of nitrogens with one attached hydrogen (secondary N) is 1. The summed E-state index contributed by atoms with van der Waals surface area (Å²) < 4.78 is 26.1. The van der Waals surface area contributed by atoms with Crippen molar-refractivity contribution >= 4 is 39.1 Å². The number of rotatable bonds is 12. The summed E-state index contributed by atoms with van der Waals surface area (Å²) in [7, 11) is -3.76. The minimum absolute atomic E-state index is 0.241. The molecule has 0 fully saturated rings. The summed E-state index contributed by atoms with van der Waals surface area (Å²) in [5.41, 5.74) is 1.36. The topological polar surface area (TPSA) is 86.8 Å². The van der Waals surface area contributed by atoms with Gasteiger partial charge in [-0.1, -0.05) is 62.7 Å². The summed E-state index contributed by atoms with van der Waals surface area (Å²) in [5, 5.41) is 3.37. The number of sulfonamides is 1. The SMILES string of the molecule is CC[C@@H](C(=O)NCC(C)C)N(CCc1ccccc1)C(=O)CN(c1ccc(Cl)cc1)S(C)(=O)=O. The van der Waals surface area contributed by atoms with Crippen molar-refractivity contribution in [3.63, 3.8) is 0 Å². The van der Waals surface area contributed by atoms with Crippen LogP contribution >= 0.6 is 11.6 Å². The van der Waals surface area contributed by atoms with Crippen LogP contribution in [0.15, 0.2) is 54.6 Å². The van der Waals surface area contributed by atoms with Crippen LogP contribution in [0.1, 0.15) is 32.8 Å². The number of benzene rings is 2. The molecule has 2 amide bonds. The van der Waals surface area contributed by atoms with E-state index in [4.69, 9.17) is 11.6 Å². The van der Waals surface area contributed by atoms with Crippen molar-refractivity contribution in [2.75, 3.05) is 30.2 Å². The predicted molar refractivity (Wildman–Crippen MR) is 137 cm³/mol. The summed E-state index contributed by atoms with van der Waals surface area (Å²) >= 11 is 5.95. The Morgan fingerprint density at radius 3 is 2.18 bits per heavy atom. The second kappa shape index (κ2) is 12.8. The molecule has 0 aliphatic rings. The van der Waals surface area contributed by atoms with Gasteiger partial charge in [-0.25, -0.2) is 8.42 Å². The molecule has 2 aromatic rings. The van der Waals surface area contributed by atoms with Gasteiger partial charge in [-0.3, -0.25) is 13.9 Å². The molecule has 0 radical (unpaired) electrons. The molecule has 9 heteroatoms. The molecule has 0 unspecified atom stereocenters. The van der Waals surface area contributed by atoms with Crippen LogP contribution in [-0.4, -0.2) is 57.1 Å². The molecule has 7 nitrogen and oxygen atoms in total. The second-order valence-electron chi connectivity index (χ2n) is 8.63. The standard InChI is InChI=1S/C25H34ClN3O4S/c1-5-23(25(31)27-17-19(2)3)28(16-15-20-9-7-6-8-10-20)24(30)18-29(34(4,32)33)22-13-11-21(26)12-14-22/h6-14,19,23H,5,15-18H2,1-4H3,(H,27,31)/t23-/m0/s1. The Morgan fingerprint density at radius 1 is 1.03 bits per heavy atom. The number of amides is 2. The van der Waals surface area contributed by atoms with Gasteiger partial charge in [0.25, 0.3) is 0 Å². The van der Waals surface area contributed by atoms with E-state index in [1.54, 1.807) is 24.3 Å². The van der Waals surface area contributed by atoms with Gasteiger partial charge in [0.05, 0.1) is 11.9 Å². The Labute approximate surface area is 208 Å². The van der Waals surface area contributed by atoms with Gasteiger partial charge in [0.15, 0.2) is 0 Å². The fourth-order valence-electron chi connectivity index (χ4n) is 3.54. The highest BCUT2D eigenvalue weighted by atomic mass is 35.5. The highest BCUT2D eigenvalue weighted by Gasteiger charge is 2.31. The lowest BCUT2D eigenvalue weighted by molar-refractivity contribution is -0.139. The van der Waals surface area contributed by atoms with Crippen LogP contribution in [0, 0.1) is 5.92 Å². The molecule has 2 rings (SSSR count). The van der Waals surface area contributed by atoms with Crippen LogP contribution in [0.4, 0.5) is 5.69 Å². The van der Waals surface area contributed by atoms with Crippen LogP contribution in [0.2, 0.25) is 5.02 Å². The van der Waals surface area contributed by atoms with Gasteiger partial charge < -0.3 is 10.2 Å². The number of carbonyl (C=O) groups excluding carboxylic acids is 2. The Morgan fingerprint density at radius 2 is 1.65 bits per heavy atom. The van der Waals surface area contributed by atoms with E-state index >= 15 is 0 Å². The minimum atomic E-state index is -3.76. The monoisotopic (exact) mass is 507 g/mol. The fourth-order valence-corrected chi connectivity index (χ4v) is 4.52. The van der Waals surface area contributed by atoms with E-state index < -0.39 is 28.5 Å². The number of hydrogen-bond donors (Lipinski definition) is 1. The smallest absolute Gasteiger partial charge is 0.244 e. The van der Waals surface area contributed by atoms with Crippen molar-refractivity contribution in [1.29, 1.82) is 0 Å². The zero-order valence-corrected chi connectivity index (χ0v) is 21.8. The van der Waals surface area contributed by atoms with Crippen LogP contribution in [0.3, 0.4) is 0 Å². The predicted octanol–water partition coefficient (Wildman–Crippen LogP) is 3.73. The Balaban J connectivity index is 2.32. The van der Waals surface area contributed by atoms with E-state index in [-0.39, 0.29) is 18.4 Å². The quantitative estimate of drug-likeness (QED) is 0.474. The van der Waals surface area contributed by atoms with Crippen LogP contribution in [0.5, 0.6) is 0 Å². The van der Waals surface area contributed by atoms with Crippen molar-refractivity contribution in [3.05, 3.63) is 65.2 Å². The zero-order chi connectivity index (χ0) is 25.3. The van der Waals surface area contributed by atoms with Crippen molar-refractivity contribution in [3.8, 4) is 0 Å². The molecule has 186 valence electrons. The Kier molecular flexibility index (Phi) is 10.4. The third-order valence-corrected chi connectivity index (χ3v) is 6.74. The first-order valence-electron chi connectivity index (χ1n) is 11.4. The lowest BCUT2D eigenvalue weighted by Gasteiger charge is -2.33. The van der Waals surface area contributed by atoms with Gasteiger partial charge in [0, 0.05) is 18.1 Å². The molecule has 1 atom stereocenters. The highest BCUT2D eigenvalue weighted by Crippen LogP contribution is 2.21. The van der Waals surface area contributed by atoms with E-state index in [0.717, 1.165) is 16.1 Å². The summed E-state index contributed by atoms with van der Waals surface area (Å²) in [4.78, 5) is 28.0. The summed E-state index contributed by atoms with van der Waals surface area (Å²) in [6, 6.07) is 15.2. The van der Waals surface area contributed by atoms with Gasteiger partial charge >= 0.3 is 0 Å². The molecule has 0 bridgehead atoms. The van der Waals surface area contributed by atoms with E-state index in [0.29, 0.717) is 30.1 Å². The van der Waals surface area contributed by atoms with Crippen LogP contribution < -0.4 is 9.62 Å². The first-order valence-corrected chi connectivity index (χ1v) is 13.6. The molecule has 0 saturated heterocycles.